The highest BCUT2D eigenvalue weighted by Crippen LogP contribution is 2.32. The lowest BCUT2D eigenvalue weighted by Crippen LogP contribution is -2.15. The minimum Gasteiger partial charge on any atom is -0.388 e. The largest absolute Gasteiger partial charge is 0.388 e. The summed E-state index contributed by atoms with van der Waals surface area (Å²) in [4.78, 5) is 0.282. The van der Waals surface area contributed by atoms with E-state index in [1.807, 2.05) is 4.68 Å². The van der Waals surface area contributed by atoms with E-state index in [1.165, 1.54) is 12.8 Å². The molecule has 1 aromatic heterocycles. The number of hydrogen-bond donors (Lipinski definition) is 1. The summed E-state index contributed by atoms with van der Waals surface area (Å²) >= 11 is 4.93. The Labute approximate surface area is 100.0 Å². The number of nitrogens with two attached hydrogens (primary N) is 1. The number of methoxy groups -OCH3 is 1. The van der Waals surface area contributed by atoms with Crippen molar-refractivity contribution in [2.75, 3.05) is 7.11 Å². The molecule has 0 atom stereocenters. The standard InChI is InChI=1S/C10H16N4OS/c1-15-6-8-9(10(11)16)12-13-14(8)5-4-7-2-3-7/h7H,2-6H2,1H3,(H2,11,16). The number of ether oxygens (including phenoxy) is 1. The lowest BCUT2D eigenvalue weighted by Gasteiger charge is -2.06. The number of aryl methyl sites for hydroxylation is 1. The van der Waals surface area contributed by atoms with Crippen LogP contribution in [0, 0.1) is 5.92 Å². The van der Waals surface area contributed by atoms with Gasteiger partial charge in [0, 0.05) is 13.7 Å². The van der Waals surface area contributed by atoms with E-state index in [1.54, 1.807) is 7.11 Å². The van der Waals surface area contributed by atoms with E-state index in [0.717, 1.165) is 24.6 Å². The predicted molar refractivity (Wildman–Crippen MR) is 64.0 cm³/mol. The molecule has 1 heterocycles. The zero-order valence-corrected chi connectivity index (χ0v) is 10.2. The van der Waals surface area contributed by atoms with Crippen LogP contribution < -0.4 is 5.73 Å². The Bertz CT molecular complexity index is 386. The van der Waals surface area contributed by atoms with E-state index in [4.69, 9.17) is 22.7 Å². The molecule has 0 aliphatic heterocycles. The van der Waals surface area contributed by atoms with Crippen LogP contribution in [0.3, 0.4) is 0 Å². The fourth-order valence-electron chi connectivity index (χ4n) is 1.69. The molecule has 88 valence electrons. The SMILES string of the molecule is COCc1c(C(N)=S)nnn1CCC1CC1. The molecule has 1 aliphatic rings. The minimum absolute atomic E-state index is 0.282. The third-order valence-corrected chi connectivity index (χ3v) is 2.99. The fourth-order valence-corrected chi connectivity index (χ4v) is 1.85. The third kappa shape index (κ3) is 2.56. The summed E-state index contributed by atoms with van der Waals surface area (Å²) in [6.45, 7) is 1.32. The average Bonchev–Trinajstić information content (AvgIpc) is 2.98. The molecule has 0 spiro atoms. The molecule has 0 aromatic carbocycles. The lowest BCUT2D eigenvalue weighted by atomic mass is 10.3. The van der Waals surface area contributed by atoms with Crippen LogP contribution in [-0.4, -0.2) is 27.1 Å². The Hall–Kier alpha value is -1.01. The van der Waals surface area contributed by atoms with Gasteiger partial charge in [0.2, 0.25) is 0 Å². The highest BCUT2D eigenvalue weighted by Gasteiger charge is 2.22. The molecule has 1 aliphatic carbocycles. The number of hydrogen-bond acceptors (Lipinski definition) is 4. The lowest BCUT2D eigenvalue weighted by molar-refractivity contribution is 0.176. The molecule has 0 amide bonds. The molecule has 16 heavy (non-hydrogen) atoms. The molecule has 2 rings (SSSR count). The second-order valence-corrected chi connectivity index (χ2v) is 4.58. The first kappa shape index (κ1) is 11.5. The van der Waals surface area contributed by atoms with Gasteiger partial charge in [-0.1, -0.05) is 30.3 Å². The molecule has 1 fully saturated rings. The predicted octanol–water partition coefficient (Wildman–Crippen LogP) is 0.859. The van der Waals surface area contributed by atoms with Crippen molar-refractivity contribution in [2.45, 2.75) is 32.4 Å². The smallest absolute Gasteiger partial charge is 0.145 e. The topological polar surface area (TPSA) is 66.0 Å². The van der Waals surface area contributed by atoms with Gasteiger partial charge in [0.05, 0.1) is 12.3 Å². The van der Waals surface area contributed by atoms with E-state index in [2.05, 4.69) is 10.3 Å². The van der Waals surface area contributed by atoms with Crippen LogP contribution in [0.25, 0.3) is 0 Å². The first-order valence-electron chi connectivity index (χ1n) is 5.43. The maximum atomic E-state index is 5.59. The highest BCUT2D eigenvalue weighted by molar-refractivity contribution is 7.80. The van der Waals surface area contributed by atoms with Gasteiger partial charge in [-0.25, -0.2) is 4.68 Å². The summed E-state index contributed by atoms with van der Waals surface area (Å²) < 4.78 is 6.98. The normalized spacial score (nSPS) is 15.3. The zero-order valence-electron chi connectivity index (χ0n) is 9.35. The summed E-state index contributed by atoms with van der Waals surface area (Å²) in [6.07, 6.45) is 3.84. The van der Waals surface area contributed by atoms with Crippen molar-refractivity contribution in [1.82, 2.24) is 15.0 Å². The summed E-state index contributed by atoms with van der Waals surface area (Å²) in [5.74, 6) is 0.868. The summed E-state index contributed by atoms with van der Waals surface area (Å²) in [7, 11) is 1.64. The van der Waals surface area contributed by atoms with Gasteiger partial charge >= 0.3 is 0 Å². The second-order valence-electron chi connectivity index (χ2n) is 4.14. The number of aromatic nitrogens is 3. The van der Waals surface area contributed by atoms with E-state index in [9.17, 15) is 0 Å². The Balaban J connectivity index is 2.11. The van der Waals surface area contributed by atoms with E-state index in [-0.39, 0.29) is 4.99 Å². The first-order valence-corrected chi connectivity index (χ1v) is 5.84. The maximum absolute atomic E-state index is 5.59. The second kappa shape index (κ2) is 4.88. The van der Waals surface area contributed by atoms with Crippen LogP contribution in [0.2, 0.25) is 0 Å². The van der Waals surface area contributed by atoms with Crippen molar-refractivity contribution in [3.63, 3.8) is 0 Å². The molecule has 0 radical (unpaired) electrons. The zero-order chi connectivity index (χ0) is 11.5. The minimum atomic E-state index is 0.282. The van der Waals surface area contributed by atoms with E-state index < -0.39 is 0 Å². The molecular weight excluding hydrogens is 224 g/mol. The van der Waals surface area contributed by atoms with Crippen molar-refractivity contribution in [1.29, 1.82) is 0 Å². The number of nitrogens with zero attached hydrogens (tertiary/aromatic N) is 3. The molecule has 1 aromatic rings. The van der Waals surface area contributed by atoms with E-state index >= 15 is 0 Å². The summed E-state index contributed by atoms with van der Waals surface area (Å²) in [6, 6.07) is 0. The van der Waals surface area contributed by atoms with Crippen LogP contribution in [0.5, 0.6) is 0 Å². The van der Waals surface area contributed by atoms with Gasteiger partial charge in [-0.3, -0.25) is 0 Å². The molecular formula is C10H16N4OS. The van der Waals surface area contributed by atoms with Crippen LogP contribution in [-0.2, 0) is 17.9 Å². The Morgan fingerprint density at radius 2 is 2.38 bits per heavy atom. The van der Waals surface area contributed by atoms with Crippen molar-refractivity contribution in [2.24, 2.45) is 11.7 Å². The monoisotopic (exact) mass is 240 g/mol. The quantitative estimate of drug-likeness (QED) is 0.747. The van der Waals surface area contributed by atoms with Gasteiger partial charge in [-0.05, 0) is 12.3 Å². The molecule has 0 unspecified atom stereocenters. The van der Waals surface area contributed by atoms with Crippen LogP contribution >= 0.6 is 12.2 Å². The molecule has 1 saturated carbocycles. The van der Waals surface area contributed by atoms with Crippen molar-refractivity contribution in [3.05, 3.63) is 11.4 Å². The maximum Gasteiger partial charge on any atom is 0.145 e. The molecule has 0 bridgehead atoms. The van der Waals surface area contributed by atoms with Gasteiger partial charge in [0.25, 0.3) is 0 Å². The van der Waals surface area contributed by atoms with Crippen molar-refractivity contribution in [3.8, 4) is 0 Å². The molecule has 2 N–H and O–H groups in total. The molecule has 0 saturated heterocycles. The Morgan fingerprint density at radius 3 is 2.94 bits per heavy atom. The third-order valence-electron chi connectivity index (χ3n) is 2.80. The van der Waals surface area contributed by atoms with Crippen LogP contribution in [0.4, 0.5) is 0 Å². The van der Waals surface area contributed by atoms with Crippen LogP contribution in [0.15, 0.2) is 0 Å². The average molecular weight is 240 g/mol. The van der Waals surface area contributed by atoms with Gasteiger partial charge in [0.15, 0.2) is 0 Å². The van der Waals surface area contributed by atoms with Crippen LogP contribution in [0.1, 0.15) is 30.7 Å². The highest BCUT2D eigenvalue weighted by atomic mass is 32.1. The fraction of sp³-hybridized carbons (Fsp3) is 0.700. The van der Waals surface area contributed by atoms with Crippen molar-refractivity contribution >= 4 is 17.2 Å². The van der Waals surface area contributed by atoms with Crippen molar-refractivity contribution < 1.29 is 4.74 Å². The molecule has 6 heteroatoms. The number of rotatable bonds is 6. The van der Waals surface area contributed by atoms with Gasteiger partial charge in [-0.15, -0.1) is 5.10 Å². The first-order chi connectivity index (χ1) is 7.72. The summed E-state index contributed by atoms with van der Waals surface area (Å²) in [5, 5.41) is 8.07. The van der Waals surface area contributed by atoms with Gasteiger partial charge in [0.1, 0.15) is 10.7 Å². The van der Waals surface area contributed by atoms with E-state index in [0.29, 0.717) is 12.3 Å². The number of thiocarbonyl (C=S) groups is 1. The van der Waals surface area contributed by atoms with Gasteiger partial charge in [-0.2, -0.15) is 0 Å². The molecule has 5 nitrogen and oxygen atoms in total. The Kier molecular flexibility index (Phi) is 3.50. The Morgan fingerprint density at radius 1 is 1.62 bits per heavy atom. The van der Waals surface area contributed by atoms with Gasteiger partial charge < -0.3 is 10.5 Å². The summed E-state index contributed by atoms with van der Waals surface area (Å²) in [5.41, 5.74) is 7.06.